The first-order valence-corrected chi connectivity index (χ1v) is 7.32. The number of halogens is 10. The van der Waals surface area contributed by atoms with Crippen LogP contribution in [0, 0.1) is 23.3 Å². The summed E-state index contributed by atoms with van der Waals surface area (Å²) in [6.45, 7) is 2.66. The highest BCUT2D eigenvalue weighted by atomic mass is 19.4. The number of alkyl halides is 6. The van der Waals surface area contributed by atoms with Gasteiger partial charge in [-0.2, -0.15) is 26.3 Å². The minimum atomic E-state index is -5.71. The zero-order valence-electron chi connectivity index (χ0n) is 13.6. The number of hydrogen-bond acceptors (Lipinski definition) is 0. The fraction of sp³-hybridized carbons (Fsp3) is 0.294. The van der Waals surface area contributed by atoms with E-state index in [2.05, 4.69) is 0 Å². The fourth-order valence-electron chi connectivity index (χ4n) is 2.59. The monoisotopic (exact) mass is 404 g/mol. The summed E-state index contributed by atoms with van der Waals surface area (Å²) in [7, 11) is 0. The molecule has 0 aromatic heterocycles. The van der Waals surface area contributed by atoms with Crippen molar-refractivity contribution in [1.29, 1.82) is 0 Å². The van der Waals surface area contributed by atoms with E-state index in [9.17, 15) is 43.9 Å². The predicted octanol–water partition coefficient (Wildman–Crippen LogP) is 7.07. The highest BCUT2D eigenvalue weighted by Gasteiger charge is 2.42. The van der Waals surface area contributed by atoms with Crippen LogP contribution in [-0.2, 0) is 12.4 Å². The first-order valence-electron chi connectivity index (χ1n) is 7.32. The maximum atomic E-state index is 14.1. The van der Waals surface area contributed by atoms with Crippen LogP contribution in [0.5, 0.6) is 0 Å². The van der Waals surface area contributed by atoms with Gasteiger partial charge >= 0.3 is 12.4 Å². The van der Waals surface area contributed by atoms with Crippen LogP contribution in [0.4, 0.5) is 43.9 Å². The summed E-state index contributed by atoms with van der Waals surface area (Å²) in [4.78, 5) is 0. The second-order valence-corrected chi connectivity index (χ2v) is 5.96. The van der Waals surface area contributed by atoms with Gasteiger partial charge in [0, 0.05) is 0 Å². The third-order valence-corrected chi connectivity index (χ3v) is 3.81. The highest BCUT2D eigenvalue weighted by Crippen LogP contribution is 2.42. The molecule has 2 aromatic rings. The summed E-state index contributed by atoms with van der Waals surface area (Å²) in [6.07, 6.45) is -10.5. The molecular weight excluding hydrogens is 394 g/mol. The van der Waals surface area contributed by atoms with Crippen LogP contribution in [-0.4, -0.2) is 0 Å². The van der Waals surface area contributed by atoms with Gasteiger partial charge in [-0.3, -0.25) is 0 Å². The average molecular weight is 404 g/mol. The molecule has 148 valence electrons. The smallest absolute Gasteiger partial charge is 0.203 e. The van der Waals surface area contributed by atoms with E-state index < -0.39 is 69.4 Å². The Hall–Kier alpha value is -2.26. The molecule has 0 N–H and O–H groups in total. The molecule has 2 rings (SSSR count). The largest absolute Gasteiger partial charge is 0.422 e. The molecule has 0 saturated carbocycles. The summed E-state index contributed by atoms with van der Waals surface area (Å²) in [5.41, 5.74) is -6.59. The zero-order chi connectivity index (χ0) is 20.9. The van der Waals surface area contributed by atoms with Crippen molar-refractivity contribution in [1.82, 2.24) is 0 Å². The van der Waals surface area contributed by atoms with Crippen LogP contribution in [0.1, 0.15) is 36.5 Å². The number of benzene rings is 2. The van der Waals surface area contributed by atoms with Crippen LogP contribution >= 0.6 is 0 Å². The number of hydrogen-bond donors (Lipinski definition) is 0. The van der Waals surface area contributed by atoms with Crippen LogP contribution in [0.2, 0.25) is 0 Å². The van der Waals surface area contributed by atoms with Crippen molar-refractivity contribution in [2.75, 3.05) is 0 Å². The molecule has 0 atom stereocenters. The highest BCUT2D eigenvalue weighted by molar-refractivity contribution is 5.68. The van der Waals surface area contributed by atoms with Crippen molar-refractivity contribution in [3.8, 4) is 11.1 Å². The Morgan fingerprint density at radius 2 is 1.19 bits per heavy atom. The Kier molecular flexibility index (Phi) is 5.24. The normalized spacial score (nSPS) is 12.8. The minimum Gasteiger partial charge on any atom is -0.203 e. The molecule has 0 fully saturated rings. The lowest BCUT2D eigenvalue weighted by Gasteiger charge is -2.18. The van der Waals surface area contributed by atoms with Crippen LogP contribution < -0.4 is 0 Å². The summed E-state index contributed by atoms with van der Waals surface area (Å²) in [5.74, 6) is -10.9. The molecule has 0 saturated heterocycles. The maximum Gasteiger partial charge on any atom is 0.422 e. The van der Waals surface area contributed by atoms with Crippen molar-refractivity contribution in [3.05, 3.63) is 58.2 Å². The lowest BCUT2D eigenvalue weighted by Crippen LogP contribution is -2.16. The first kappa shape index (κ1) is 21.0. The third-order valence-electron chi connectivity index (χ3n) is 3.81. The van der Waals surface area contributed by atoms with Crippen molar-refractivity contribution >= 4 is 0 Å². The van der Waals surface area contributed by atoms with Gasteiger partial charge in [0.25, 0.3) is 0 Å². The molecule has 0 aliphatic carbocycles. The van der Waals surface area contributed by atoms with E-state index in [1.165, 1.54) is 13.8 Å². The van der Waals surface area contributed by atoms with Crippen LogP contribution in [0.3, 0.4) is 0 Å². The van der Waals surface area contributed by atoms with Crippen molar-refractivity contribution in [2.24, 2.45) is 0 Å². The van der Waals surface area contributed by atoms with Gasteiger partial charge in [0.1, 0.15) is 5.56 Å². The number of rotatable bonds is 2. The van der Waals surface area contributed by atoms with E-state index in [0.29, 0.717) is 18.2 Å². The van der Waals surface area contributed by atoms with E-state index in [-0.39, 0.29) is 0 Å². The SMILES string of the molecule is CC(C)c1cc(-c2c(F)c(F)c(C(F)(F)F)c(F)c2F)ccc1C(F)(F)F. The fourth-order valence-corrected chi connectivity index (χ4v) is 2.59. The minimum absolute atomic E-state index is 0.441. The Labute approximate surface area is 146 Å². The van der Waals surface area contributed by atoms with Crippen molar-refractivity contribution in [2.45, 2.75) is 32.1 Å². The molecule has 0 heterocycles. The zero-order valence-corrected chi connectivity index (χ0v) is 13.6. The second kappa shape index (κ2) is 6.72. The van der Waals surface area contributed by atoms with E-state index in [1.54, 1.807) is 0 Å². The topological polar surface area (TPSA) is 0 Å². The third kappa shape index (κ3) is 3.74. The molecule has 27 heavy (non-hydrogen) atoms. The predicted molar refractivity (Wildman–Crippen MR) is 75.8 cm³/mol. The molecule has 0 unspecified atom stereocenters. The molecular formula is C17H10F10. The molecule has 10 heteroatoms. The quantitative estimate of drug-likeness (QED) is 0.371. The van der Waals surface area contributed by atoms with Crippen LogP contribution in [0.15, 0.2) is 18.2 Å². The standard InChI is InChI=1S/C17H10F10/c1-6(2)8-5-7(3-4-9(8)16(22,23)24)10-12(18)14(20)11(17(25,26)27)15(21)13(10)19/h3-6H,1-2H3. The van der Waals surface area contributed by atoms with E-state index in [0.717, 1.165) is 0 Å². The van der Waals surface area contributed by atoms with Crippen molar-refractivity contribution in [3.63, 3.8) is 0 Å². The first-order chi connectivity index (χ1) is 12.2. The summed E-state index contributed by atoms with van der Waals surface area (Å²) in [6, 6.07) is 1.61. The summed E-state index contributed by atoms with van der Waals surface area (Å²) < 4.78 is 133. The van der Waals surface area contributed by atoms with Gasteiger partial charge in [0.05, 0.1) is 11.1 Å². The average Bonchev–Trinajstić information content (AvgIpc) is 2.51. The molecule has 0 radical (unpaired) electrons. The lowest BCUT2D eigenvalue weighted by molar-refractivity contribution is -0.143. The van der Waals surface area contributed by atoms with E-state index >= 15 is 0 Å². The molecule has 0 aliphatic heterocycles. The van der Waals surface area contributed by atoms with Gasteiger partial charge < -0.3 is 0 Å². The van der Waals surface area contributed by atoms with E-state index in [1.807, 2.05) is 0 Å². The Balaban J connectivity index is 2.82. The lowest BCUT2D eigenvalue weighted by atomic mass is 9.91. The van der Waals surface area contributed by atoms with Gasteiger partial charge in [0.2, 0.25) is 0 Å². The van der Waals surface area contributed by atoms with Gasteiger partial charge in [-0.1, -0.05) is 26.0 Å². The molecule has 0 spiro atoms. The maximum absolute atomic E-state index is 14.1. The molecule has 0 amide bonds. The molecule has 0 bridgehead atoms. The molecule has 0 aliphatic rings. The van der Waals surface area contributed by atoms with Gasteiger partial charge in [-0.05, 0) is 23.1 Å². The van der Waals surface area contributed by atoms with Gasteiger partial charge in [-0.25, -0.2) is 17.6 Å². The second-order valence-electron chi connectivity index (χ2n) is 5.96. The molecule has 0 nitrogen and oxygen atoms in total. The van der Waals surface area contributed by atoms with E-state index in [4.69, 9.17) is 0 Å². The summed E-state index contributed by atoms with van der Waals surface area (Å²) in [5, 5.41) is 0. The Morgan fingerprint density at radius 3 is 1.56 bits per heavy atom. The van der Waals surface area contributed by atoms with Gasteiger partial charge in [-0.15, -0.1) is 0 Å². The molecule has 2 aromatic carbocycles. The van der Waals surface area contributed by atoms with Crippen molar-refractivity contribution < 1.29 is 43.9 Å². The summed E-state index contributed by atoms with van der Waals surface area (Å²) >= 11 is 0. The van der Waals surface area contributed by atoms with Crippen LogP contribution in [0.25, 0.3) is 11.1 Å². The Bertz CT molecular complexity index is 846. The Morgan fingerprint density at radius 1 is 0.704 bits per heavy atom. The van der Waals surface area contributed by atoms with Gasteiger partial charge in [0.15, 0.2) is 23.3 Å².